The van der Waals surface area contributed by atoms with E-state index in [1.807, 2.05) is 0 Å². The van der Waals surface area contributed by atoms with E-state index in [4.69, 9.17) is 9.26 Å². The standard InChI is InChI=1S/C11H16N2O4/c1-7-10(8(2)17-12-7)11(15)13-3-4-16-6-9(14)5-13/h9,14H,3-6H2,1-2H3. The second-order valence-electron chi connectivity index (χ2n) is 4.18. The van der Waals surface area contributed by atoms with E-state index in [2.05, 4.69) is 5.16 Å². The number of ether oxygens (including phenoxy) is 1. The van der Waals surface area contributed by atoms with Crippen molar-refractivity contribution < 1.29 is 19.2 Å². The van der Waals surface area contributed by atoms with Crippen LogP contribution in [0.3, 0.4) is 0 Å². The average Bonchev–Trinajstić information content (AvgIpc) is 2.51. The number of nitrogens with zero attached hydrogens (tertiary/aromatic N) is 2. The lowest BCUT2D eigenvalue weighted by atomic mass is 10.1. The Balaban J connectivity index is 2.19. The summed E-state index contributed by atoms with van der Waals surface area (Å²) in [6.45, 7) is 4.90. The summed E-state index contributed by atoms with van der Waals surface area (Å²) in [5.74, 6) is 0.345. The Labute approximate surface area is 99.1 Å². The second-order valence-corrected chi connectivity index (χ2v) is 4.18. The molecule has 1 aliphatic heterocycles. The summed E-state index contributed by atoms with van der Waals surface area (Å²) < 4.78 is 10.2. The van der Waals surface area contributed by atoms with Gasteiger partial charge in [0.15, 0.2) is 0 Å². The van der Waals surface area contributed by atoms with Gasteiger partial charge >= 0.3 is 0 Å². The van der Waals surface area contributed by atoms with Crippen LogP contribution in [-0.4, -0.2) is 53.5 Å². The molecule has 1 saturated heterocycles. The van der Waals surface area contributed by atoms with Crippen molar-refractivity contribution in [1.29, 1.82) is 0 Å². The summed E-state index contributed by atoms with van der Waals surface area (Å²) in [7, 11) is 0. The number of carbonyl (C=O) groups excluding carboxylic acids is 1. The van der Waals surface area contributed by atoms with Gasteiger partial charge in [0.2, 0.25) is 0 Å². The first-order chi connectivity index (χ1) is 8.09. The van der Waals surface area contributed by atoms with E-state index in [1.165, 1.54) is 0 Å². The van der Waals surface area contributed by atoms with Gasteiger partial charge in [0.05, 0.1) is 25.0 Å². The molecule has 0 saturated carbocycles. The lowest BCUT2D eigenvalue weighted by Gasteiger charge is -2.21. The molecule has 17 heavy (non-hydrogen) atoms. The molecular weight excluding hydrogens is 224 g/mol. The van der Waals surface area contributed by atoms with Gasteiger partial charge in [-0.2, -0.15) is 0 Å². The van der Waals surface area contributed by atoms with E-state index >= 15 is 0 Å². The SMILES string of the molecule is Cc1noc(C)c1C(=O)N1CCOCC(O)C1. The Morgan fingerprint density at radius 2 is 2.29 bits per heavy atom. The zero-order valence-electron chi connectivity index (χ0n) is 9.97. The van der Waals surface area contributed by atoms with Gasteiger partial charge in [0.1, 0.15) is 11.3 Å². The number of carbonyl (C=O) groups is 1. The Morgan fingerprint density at radius 1 is 1.53 bits per heavy atom. The van der Waals surface area contributed by atoms with Gasteiger partial charge in [-0.15, -0.1) is 0 Å². The summed E-state index contributed by atoms with van der Waals surface area (Å²) in [5.41, 5.74) is 1.06. The van der Waals surface area contributed by atoms with Crippen LogP contribution in [0, 0.1) is 13.8 Å². The molecule has 6 nitrogen and oxygen atoms in total. The average molecular weight is 240 g/mol. The quantitative estimate of drug-likeness (QED) is 0.754. The van der Waals surface area contributed by atoms with Crippen LogP contribution < -0.4 is 0 Å². The van der Waals surface area contributed by atoms with Gasteiger partial charge < -0.3 is 19.3 Å². The molecule has 0 aromatic carbocycles. The highest BCUT2D eigenvalue weighted by atomic mass is 16.5. The summed E-state index contributed by atoms with van der Waals surface area (Å²) >= 11 is 0. The third-order valence-electron chi connectivity index (χ3n) is 2.78. The van der Waals surface area contributed by atoms with E-state index in [1.54, 1.807) is 18.7 Å². The van der Waals surface area contributed by atoms with E-state index in [0.29, 0.717) is 30.2 Å². The van der Waals surface area contributed by atoms with E-state index in [-0.39, 0.29) is 19.1 Å². The maximum Gasteiger partial charge on any atom is 0.259 e. The Morgan fingerprint density at radius 3 is 2.94 bits per heavy atom. The fraction of sp³-hybridized carbons (Fsp3) is 0.636. The fourth-order valence-electron chi connectivity index (χ4n) is 1.92. The zero-order valence-corrected chi connectivity index (χ0v) is 9.97. The predicted octanol–water partition coefficient (Wildman–Crippen LogP) is 0.125. The molecule has 0 radical (unpaired) electrons. The molecule has 1 amide bonds. The lowest BCUT2D eigenvalue weighted by Crippen LogP contribution is -2.38. The first-order valence-electron chi connectivity index (χ1n) is 5.57. The molecule has 1 unspecified atom stereocenters. The van der Waals surface area contributed by atoms with Crippen LogP contribution in [0.25, 0.3) is 0 Å². The molecule has 6 heteroatoms. The Bertz CT molecular complexity index is 396. The first kappa shape index (κ1) is 12.1. The highest BCUT2D eigenvalue weighted by Gasteiger charge is 2.26. The summed E-state index contributed by atoms with van der Waals surface area (Å²) in [5, 5.41) is 13.3. The molecule has 1 aliphatic rings. The van der Waals surface area contributed by atoms with Crippen molar-refractivity contribution in [2.24, 2.45) is 0 Å². The van der Waals surface area contributed by atoms with Crippen molar-refractivity contribution in [3.05, 3.63) is 17.0 Å². The zero-order chi connectivity index (χ0) is 12.4. The molecule has 2 heterocycles. The normalized spacial score (nSPS) is 21.4. The molecular formula is C11H16N2O4. The largest absolute Gasteiger partial charge is 0.389 e. The summed E-state index contributed by atoms with van der Waals surface area (Å²) in [6, 6.07) is 0. The Hall–Kier alpha value is -1.40. The molecule has 2 rings (SSSR count). The van der Waals surface area contributed by atoms with Crippen LogP contribution >= 0.6 is 0 Å². The van der Waals surface area contributed by atoms with E-state index in [0.717, 1.165) is 0 Å². The maximum atomic E-state index is 12.3. The van der Waals surface area contributed by atoms with Crippen molar-refractivity contribution in [3.8, 4) is 0 Å². The number of aliphatic hydroxyl groups excluding tert-OH is 1. The van der Waals surface area contributed by atoms with Gasteiger partial charge in [0, 0.05) is 13.1 Å². The van der Waals surface area contributed by atoms with E-state index in [9.17, 15) is 9.90 Å². The number of aryl methyl sites for hydroxylation is 2. The van der Waals surface area contributed by atoms with Crippen LogP contribution in [0.4, 0.5) is 0 Å². The van der Waals surface area contributed by atoms with Crippen molar-refractivity contribution in [3.63, 3.8) is 0 Å². The van der Waals surface area contributed by atoms with Crippen LogP contribution in [-0.2, 0) is 4.74 Å². The number of hydrogen-bond donors (Lipinski definition) is 1. The third kappa shape index (κ3) is 2.48. The van der Waals surface area contributed by atoms with Gasteiger partial charge in [0.25, 0.3) is 5.91 Å². The Kier molecular flexibility index (Phi) is 3.44. The van der Waals surface area contributed by atoms with Gasteiger partial charge in [-0.1, -0.05) is 5.16 Å². The van der Waals surface area contributed by atoms with Crippen molar-refractivity contribution >= 4 is 5.91 Å². The van der Waals surface area contributed by atoms with E-state index < -0.39 is 6.10 Å². The molecule has 0 bridgehead atoms. The highest BCUT2D eigenvalue weighted by Crippen LogP contribution is 2.16. The lowest BCUT2D eigenvalue weighted by molar-refractivity contribution is 0.0533. The van der Waals surface area contributed by atoms with Crippen molar-refractivity contribution in [1.82, 2.24) is 10.1 Å². The van der Waals surface area contributed by atoms with Gasteiger partial charge in [-0.05, 0) is 13.8 Å². The molecule has 1 aromatic heterocycles. The highest BCUT2D eigenvalue weighted by molar-refractivity contribution is 5.96. The molecule has 94 valence electrons. The maximum absolute atomic E-state index is 12.3. The van der Waals surface area contributed by atoms with Crippen LogP contribution in [0.1, 0.15) is 21.8 Å². The topological polar surface area (TPSA) is 75.8 Å². The van der Waals surface area contributed by atoms with Gasteiger partial charge in [-0.25, -0.2) is 0 Å². The van der Waals surface area contributed by atoms with Crippen LogP contribution in [0.15, 0.2) is 4.52 Å². The minimum atomic E-state index is -0.637. The second kappa shape index (κ2) is 4.85. The third-order valence-corrected chi connectivity index (χ3v) is 2.78. The molecule has 1 aromatic rings. The monoisotopic (exact) mass is 240 g/mol. The summed E-state index contributed by atoms with van der Waals surface area (Å²) in [6.07, 6.45) is -0.637. The molecule has 1 atom stereocenters. The van der Waals surface area contributed by atoms with Crippen molar-refractivity contribution in [2.45, 2.75) is 20.0 Å². The minimum absolute atomic E-state index is 0.161. The smallest absolute Gasteiger partial charge is 0.259 e. The fourth-order valence-corrected chi connectivity index (χ4v) is 1.92. The summed E-state index contributed by atoms with van der Waals surface area (Å²) in [4.78, 5) is 13.8. The molecule has 1 fully saturated rings. The number of rotatable bonds is 1. The number of aromatic nitrogens is 1. The molecule has 0 aliphatic carbocycles. The van der Waals surface area contributed by atoms with Crippen molar-refractivity contribution in [2.75, 3.05) is 26.3 Å². The predicted molar refractivity (Wildman–Crippen MR) is 58.7 cm³/mol. The minimum Gasteiger partial charge on any atom is -0.389 e. The molecule has 1 N–H and O–H groups in total. The number of aliphatic hydroxyl groups is 1. The van der Waals surface area contributed by atoms with Crippen LogP contribution in [0.2, 0.25) is 0 Å². The number of β-amino-alcohol motifs (C(OH)–C–C–N with tert-alkyl or cyclic N) is 1. The number of amides is 1. The van der Waals surface area contributed by atoms with Gasteiger partial charge in [-0.3, -0.25) is 4.79 Å². The molecule has 0 spiro atoms. The first-order valence-corrected chi connectivity index (χ1v) is 5.57. The number of hydrogen-bond acceptors (Lipinski definition) is 5. The van der Waals surface area contributed by atoms with Crippen LogP contribution in [0.5, 0.6) is 0 Å².